The van der Waals surface area contributed by atoms with Crippen molar-refractivity contribution in [3.05, 3.63) is 58.2 Å². The minimum atomic E-state index is 0.865. The third-order valence-electron chi connectivity index (χ3n) is 2.60. The molecular formula is C14H15BrN2. The number of aryl methyl sites for hydroxylation is 1. The lowest BCUT2D eigenvalue weighted by Gasteiger charge is -2.18. The molecule has 0 saturated carbocycles. The van der Waals surface area contributed by atoms with E-state index in [2.05, 4.69) is 57.1 Å². The molecule has 0 N–H and O–H groups in total. The third kappa shape index (κ3) is 3.30. The van der Waals surface area contributed by atoms with E-state index in [1.807, 2.05) is 25.1 Å². The van der Waals surface area contributed by atoms with Gasteiger partial charge in [-0.3, -0.25) is 0 Å². The number of hydrogen-bond acceptors (Lipinski definition) is 2. The number of benzene rings is 1. The fraction of sp³-hybridized carbons (Fsp3) is 0.214. The highest BCUT2D eigenvalue weighted by Gasteiger charge is 2.03. The molecule has 0 aliphatic heterocycles. The summed E-state index contributed by atoms with van der Waals surface area (Å²) in [5, 5.41) is 0. The Labute approximate surface area is 110 Å². The number of halogens is 1. The second-order valence-electron chi connectivity index (χ2n) is 4.12. The van der Waals surface area contributed by atoms with Crippen LogP contribution in [0.1, 0.15) is 11.3 Å². The minimum Gasteiger partial charge on any atom is -0.355 e. The first kappa shape index (κ1) is 12.1. The predicted octanol–water partition coefficient (Wildman–Crippen LogP) is 3.79. The van der Waals surface area contributed by atoms with E-state index in [0.717, 1.165) is 22.5 Å². The molecular weight excluding hydrogens is 276 g/mol. The van der Waals surface area contributed by atoms with Crippen molar-refractivity contribution in [2.45, 2.75) is 13.5 Å². The van der Waals surface area contributed by atoms with Gasteiger partial charge in [0.25, 0.3) is 0 Å². The molecule has 0 saturated heterocycles. The van der Waals surface area contributed by atoms with Crippen molar-refractivity contribution in [1.82, 2.24) is 4.98 Å². The normalized spacial score (nSPS) is 10.3. The molecule has 88 valence electrons. The SMILES string of the molecule is Cc1cccc(N(C)Cc2ccc(Br)cc2)n1. The smallest absolute Gasteiger partial charge is 0.128 e. The predicted molar refractivity (Wildman–Crippen MR) is 75.2 cm³/mol. The van der Waals surface area contributed by atoms with Crippen LogP contribution in [0.15, 0.2) is 46.9 Å². The quantitative estimate of drug-likeness (QED) is 0.855. The van der Waals surface area contributed by atoms with Crippen molar-refractivity contribution >= 4 is 21.7 Å². The molecule has 0 atom stereocenters. The van der Waals surface area contributed by atoms with Crippen LogP contribution >= 0.6 is 15.9 Å². The first-order chi connectivity index (χ1) is 8.15. The Bertz CT molecular complexity index is 494. The standard InChI is InChI=1S/C14H15BrN2/c1-11-4-3-5-14(16-11)17(2)10-12-6-8-13(15)9-7-12/h3-9H,10H2,1-2H3. The zero-order valence-electron chi connectivity index (χ0n) is 10.0. The molecule has 1 aromatic heterocycles. The number of hydrogen-bond donors (Lipinski definition) is 0. The van der Waals surface area contributed by atoms with Gasteiger partial charge in [0.15, 0.2) is 0 Å². The maximum Gasteiger partial charge on any atom is 0.128 e. The number of aromatic nitrogens is 1. The van der Waals surface area contributed by atoms with Crippen LogP contribution in [-0.2, 0) is 6.54 Å². The highest BCUT2D eigenvalue weighted by molar-refractivity contribution is 9.10. The third-order valence-corrected chi connectivity index (χ3v) is 3.13. The van der Waals surface area contributed by atoms with Gasteiger partial charge in [-0.2, -0.15) is 0 Å². The first-order valence-electron chi connectivity index (χ1n) is 5.54. The van der Waals surface area contributed by atoms with Gasteiger partial charge in [-0.25, -0.2) is 4.98 Å². The fourth-order valence-corrected chi connectivity index (χ4v) is 1.95. The molecule has 2 rings (SSSR count). The van der Waals surface area contributed by atoms with Crippen LogP contribution in [0.25, 0.3) is 0 Å². The summed E-state index contributed by atoms with van der Waals surface area (Å²) >= 11 is 3.44. The monoisotopic (exact) mass is 290 g/mol. The summed E-state index contributed by atoms with van der Waals surface area (Å²) in [4.78, 5) is 6.65. The average molecular weight is 291 g/mol. The summed E-state index contributed by atoms with van der Waals surface area (Å²) in [5.41, 5.74) is 2.32. The topological polar surface area (TPSA) is 16.1 Å². The van der Waals surface area contributed by atoms with Gasteiger partial charge in [-0.1, -0.05) is 34.1 Å². The summed E-state index contributed by atoms with van der Waals surface area (Å²) in [5.74, 6) is 1.01. The molecule has 0 spiro atoms. The molecule has 0 bridgehead atoms. The second-order valence-corrected chi connectivity index (χ2v) is 5.04. The van der Waals surface area contributed by atoms with Gasteiger partial charge in [0.1, 0.15) is 5.82 Å². The molecule has 0 fully saturated rings. The van der Waals surface area contributed by atoms with Crippen LogP contribution < -0.4 is 4.90 Å². The van der Waals surface area contributed by atoms with Crippen LogP contribution in [0.4, 0.5) is 5.82 Å². The van der Waals surface area contributed by atoms with E-state index >= 15 is 0 Å². The van der Waals surface area contributed by atoms with Gasteiger partial charge >= 0.3 is 0 Å². The van der Waals surface area contributed by atoms with E-state index < -0.39 is 0 Å². The van der Waals surface area contributed by atoms with Crippen LogP contribution in [0.2, 0.25) is 0 Å². The zero-order valence-corrected chi connectivity index (χ0v) is 11.6. The maximum atomic E-state index is 4.50. The van der Waals surface area contributed by atoms with Crippen molar-refractivity contribution in [1.29, 1.82) is 0 Å². The van der Waals surface area contributed by atoms with Gasteiger partial charge in [-0.15, -0.1) is 0 Å². The largest absolute Gasteiger partial charge is 0.355 e. The Morgan fingerprint density at radius 2 is 1.82 bits per heavy atom. The average Bonchev–Trinajstić information content (AvgIpc) is 2.32. The Balaban J connectivity index is 2.11. The van der Waals surface area contributed by atoms with E-state index in [1.165, 1.54) is 5.56 Å². The van der Waals surface area contributed by atoms with Crippen molar-refractivity contribution in [2.24, 2.45) is 0 Å². The summed E-state index contributed by atoms with van der Waals surface area (Å²) < 4.78 is 1.11. The molecule has 0 amide bonds. The molecule has 3 heteroatoms. The summed E-state index contributed by atoms with van der Waals surface area (Å²) in [6.07, 6.45) is 0. The summed E-state index contributed by atoms with van der Waals surface area (Å²) in [6.45, 7) is 2.88. The number of pyridine rings is 1. The molecule has 0 aliphatic carbocycles. The van der Waals surface area contributed by atoms with Crippen molar-refractivity contribution < 1.29 is 0 Å². The van der Waals surface area contributed by atoms with Crippen LogP contribution in [-0.4, -0.2) is 12.0 Å². The van der Waals surface area contributed by atoms with E-state index in [1.54, 1.807) is 0 Å². The lowest BCUT2D eigenvalue weighted by molar-refractivity contribution is 0.892. The molecule has 0 aliphatic rings. The molecule has 1 heterocycles. The first-order valence-corrected chi connectivity index (χ1v) is 6.34. The molecule has 2 nitrogen and oxygen atoms in total. The minimum absolute atomic E-state index is 0.865. The van der Waals surface area contributed by atoms with Gasteiger partial charge in [0.05, 0.1) is 0 Å². The highest BCUT2D eigenvalue weighted by atomic mass is 79.9. The Kier molecular flexibility index (Phi) is 3.79. The molecule has 17 heavy (non-hydrogen) atoms. The second kappa shape index (κ2) is 5.32. The van der Waals surface area contributed by atoms with Gasteiger partial charge in [0, 0.05) is 23.8 Å². The fourth-order valence-electron chi connectivity index (χ4n) is 1.69. The van der Waals surface area contributed by atoms with Crippen molar-refractivity contribution in [3.8, 4) is 0 Å². The van der Waals surface area contributed by atoms with Crippen LogP contribution in [0.5, 0.6) is 0 Å². The van der Waals surface area contributed by atoms with E-state index in [4.69, 9.17) is 0 Å². The molecule has 0 radical (unpaired) electrons. The van der Waals surface area contributed by atoms with Crippen molar-refractivity contribution in [2.75, 3.05) is 11.9 Å². The number of rotatable bonds is 3. The number of nitrogens with zero attached hydrogens (tertiary/aromatic N) is 2. The zero-order chi connectivity index (χ0) is 12.3. The lowest BCUT2D eigenvalue weighted by Crippen LogP contribution is -2.17. The lowest BCUT2D eigenvalue weighted by atomic mass is 10.2. The van der Waals surface area contributed by atoms with Crippen molar-refractivity contribution in [3.63, 3.8) is 0 Å². The summed E-state index contributed by atoms with van der Waals surface area (Å²) in [6, 6.07) is 14.4. The molecule has 0 unspecified atom stereocenters. The highest BCUT2D eigenvalue weighted by Crippen LogP contribution is 2.15. The summed E-state index contributed by atoms with van der Waals surface area (Å²) in [7, 11) is 2.06. The van der Waals surface area contributed by atoms with Gasteiger partial charge < -0.3 is 4.90 Å². The molecule has 1 aromatic carbocycles. The Hall–Kier alpha value is -1.35. The van der Waals surface area contributed by atoms with Crippen LogP contribution in [0, 0.1) is 6.92 Å². The van der Waals surface area contributed by atoms with E-state index in [9.17, 15) is 0 Å². The maximum absolute atomic E-state index is 4.50. The number of anilines is 1. The van der Waals surface area contributed by atoms with E-state index in [0.29, 0.717) is 0 Å². The van der Waals surface area contributed by atoms with Gasteiger partial charge in [-0.05, 0) is 36.8 Å². The Morgan fingerprint density at radius 1 is 1.12 bits per heavy atom. The van der Waals surface area contributed by atoms with E-state index in [-0.39, 0.29) is 0 Å². The Morgan fingerprint density at radius 3 is 2.47 bits per heavy atom. The van der Waals surface area contributed by atoms with Gasteiger partial charge in [0.2, 0.25) is 0 Å². The molecule has 2 aromatic rings. The van der Waals surface area contributed by atoms with Crippen LogP contribution in [0.3, 0.4) is 0 Å².